The fourth-order valence-electron chi connectivity index (χ4n) is 0. The molecule has 0 bridgehead atoms. The van der Waals surface area contributed by atoms with E-state index in [2.05, 4.69) is 4.18 Å². The van der Waals surface area contributed by atoms with Gasteiger partial charge >= 0.3 is 10.5 Å². The van der Waals surface area contributed by atoms with Gasteiger partial charge in [0.2, 0.25) is 0 Å². The maximum Gasteiger partial charge on any atom is 0.437 e. The van der Waals surface area contributed by atoms with Crippen molar-refractivity contribution in [2.75, 3.05) is 7.11 Å². The van der Waals surface area contributed by atoms with Gasteiger partial charge in [-0.15, -0.1) is 0 Å². The standard InChI is InChI=1S/CH3FO3S/c1-5-6(2,3)4/h1H3/i2-1. The van der Waals surface area contributed by atoms with Crippen LogP contribution in [-0.2, 0) is 14.7 Å². The Morgan fingerprint density at radius 2 is 1.83 bits per heavy atom. The second-order valence-corrected chi connectivity index (χ2v) is 1.68. The van der Waals surface area contributed by atoms with E-state index in [1.807, 2.05) is 0 Å². The molecule has 0 amide bonds. The van der Waals surface area contributed by atoms with Crippen molar-refractivity contribution in [2.45, 2.75) is 0 Å². The zero-order valence-corrected chi connectivity index (χ0v) is 3.83. The quantitative estimate of drug-likeness (QED) is 0.444. The smallest absolute Gasteiger partial charge is 0.248 e. The molecule has 0 saturated carbocycles. The number of halogens is 1. The zero-order chi connectivity index (χ0) is 5.21. The lowest BCUT2D eigenvalue weighted by molar-refractivity contribution is 0.362. The Balaban J connectivity index is 3.85. The Kier molecular flexibility index (Phi) is 1.48. The van der Waals surface area contributed by atoms with Crippen LogP contribution < -0.4 is 0 Å². The molecule has 0 fully saturated rings. The number of hydrogen-bond acceptors (Lipinski definition) is 3. The Morgan fingerprint density at radius 3 is 1.83 bits per heavy atom. The van der Waals surface area contributed by atoms with E-state index in [1.54, 1.807) is 0 Å². The second kappa shape index (κ2) is 1.53. The third-order valence-electron chi connectivity index (χ3n) is 0.199. The van der Waals surface area contributed by atoms with Gasteiger partial charge in [0.1, 0.15) is 0 Å². The molecule has 0 aliphatic heterocycles. The van der Waals surface area contributed by atoms with Crippen molar-refractivity contribution in [1.29, 1.82) is 0 Å². The van der Waals surface area contributed by atoms with E-state index in [0.717, 1.165) is 7.11 Å². The van der Waals surface area contributed by atoms with Crippen molar-refractivity contribution in [3.8, 4) is 0 Å². The molecule has 0 aromatic rings. The average Bonchev–Trinajstić information content (AvgIpc) is 1.35. The van der Waals surface area contributed by atoms with Gasteiger partial charge in [0.15, 0.2) is 0 Å². The van der Waals surface area contributed by atoms with E-state index < -0.39 is 10.5 Å². The molecule has 0 saturated heterocycles. The first-order valence-corrected chi connectivity index (χ1v) is 2.37. The third-order valence-corrected chi connectivity index (χ3v) is 0.597. The topological polar surface area (TPSA) is 43.4 Å². The van der Waals surface area contributed by atoms with Gasteiger partial charge in [-0.25, -0.2) is 4.18 Å². The lowest BCUT2D eigenvalue weighted by atomic mass is 11.8. The van der Waals surface area contributed by atoms with E-state index in [4.69, 9.17) is 8.42 Å². The first-order valence-electron chi connectivity index (χ1n) is 1.06. The summed E-state index contributed by atoms with van der Waals surface area (Å²) in [6.45, 7) is 0. The maximum absolute atomic E-state index is 10.9. The van der Waals surface area contributed by atoms with Gasteiger partial charge in [-0.05, 0) is 0 Å². The summed E-state index contributed by atoms with van der Waals surface area (Å²) < 4.78 is 32.3. The molecular formula is CH3FO3S. The molecule has 0 unspecified atom stereocenters. The van der Waals surface area contributed by atoms with Gasteiger partial charge in [-0.1, -0.05) is 3.89 Å². The molecule has 0 aliphatic carbocycles. The molecule has 0 aromatic carbocycles. The summed E-state index contributed by atoms with van der Waals surface area (Å²) in [4.78, 5) is 0. The largest absolute Gasteiger partial charge is 0.437 e. The number of rotatable bonds is 1. The molecule has 0 aliphatic rings. The van der Waals surface area contributed by atoms with Crippen LogP contribution in [0.1, 0.15) is 0 Å². The highest BCUT2D eigenvalue weighted by Gasteiger charge is 1.98. The van der Waals surface area contributed by atoms with Gasteiger partial charge < -0.3 is 0 Å². The molecule has 0 aromatic heterocycles. The first kappa shape index (κ1) is 5.84. The van der Waals surface area contributed by atoms with E-state index >= 15 is 0 Å². The van der Waals surface area contributed by atoms with Crippen LogP contribution in [0, 0.1) is 0 Å². The van der Waals surface area contributed by atoms with E-state index in [9.17, 15) is 3.89 Å². The molecule has 0 N–H and O–H groups in total. The van der Waals surface area contributed by atoms with Crippen molar-refractivity contribution in [1.82, 2.24) is 0 Å². The zero-order valence-electron chi connectivity index (χ0n) is 3.01. The van der Waals surface area contributed by atoms with E-state index in [-0.39, 0.29) is 0 Å². The normalized spacial score (nSPS) is 11.7. The van der Waals surface area contributed by atoms with Gasteiger partial charge in [0.05, 0.1) is 7.11 Å². The second-order valence-electron chi connectivity index (χ2n) is 0.560. The van der Waals surface area contributed by atoms with Crippen molar-refractivity contribution in [3.05, 3.63) is 0 Å². The minimum Gasteiger partial charge on any atom is -0.248 e. The molecule has 3 nitrogen and oxygen atoms in total. The van der Waals surface area contributed by atoms with Crippen LogP contribution in [0.15, 0.2) is 0 Å². The first-order chi connectivity index (χ1) is 2.56. The highest BCUT2D eigenvalue weighted by molar-refractivity contribution is 7.81. The van der Waals surface area contributed by atoms with E-state index in [0.29, 0.717) is 0 Å². The summed E-state index contributed by atoms with van der Waals surface area (Å²) in [5.74, 6) is 0. The molecular weight excluding hydrogens is 110 g/mol. The predicted octanol–water partition coefficient (Wildman–Crippen LogP) is -0.153. The summed E-state index contributed by atoms with van der Waals surface area (Å²) >= 11 is 0. The molecule has 5 heteroatoms. The molecule has 0 radical (unpaired) electrons. The molecule has 0 heterocycles. The predicted molar refractivity (Wildman–Crippen MR) is 17.0 cm³/mol. The van der Waals surface area contributed by atoms with Crippen LogP contribution >= 0.6 is 0 Å². The molecule has 0 atom stereocenters. The van der Waals surface area contributed by atoms with Gasteiger partial charge in [0.25, 0.3) is 0 Å². The van der Waals surface area contributed by atoms with Crippen LogP contribution in [0.5, 0.6) is 0 Å². The fourth-order valence-corrected chi connectivity index (χ4v) is 0. The monoisotopic (exact) mass is 113 g/mol. The Morgan fingerprint density at radius 1 is 1.67 bits per heavy atom. The van der Waals surface area contributed by atoms with Crippen LogP contribution in [0.3, 0.4) is 0 Å². The highest BCUT2D eigenvalue weighted by atomic mass is 32.3. The average molecular weight is 113 g/mol. The van der Waals surface area contributed by atoms with Crippen molar-refractivity contribution < 1.29 is 16.5 Å². The summed E-state index contributed by atoms with van der Waals surface area (Å²) in [6, 6.07) is 0. The van der Waals surface area contributed by atoms with Crippen LogP contribution in [-0.4, -0.2) is 15.5 Å². The fraction of sp³-hybridized carbons (Fsp3) is 1.00. The number of hydrogen-bond donors (Lipinski definition) is 0. The van der Waals surface area contributed by atoms with E-state index in [1.165, 1.54) is 0 Å². The minimum atomic E-state index is -4.66. The summed E-state index contributed by atoms with van der Waals surface area (Å²) in [5, 5.41) is 0. The Bertz CT molecular complexity index is 113. The van der Waals surface area contributed by atoms with Crippen LogP contribution in [0.4, 0.5) is 3.89 Å². The van der Waals surface area contributed by atoms with Gasteiger partial charge in [-0.2, -0.15) is 8.42 Å². The Hall–Kier alpha value is -0.160. The lowest BCUT2D eigenvalue weighted by Crippen LogP contribution is -1.89. The molecule has 0 spiro atoms. The summed E-state index contributed by atoms with van der Waals surface area (Å²) in [5.41, 5.74) is 0. The molecule has 0 rings (SSSR count). The summed E-state index contributed by atoms with van der Waals surface area (Å²) in [7, 11) is -3.92. The molecule has 6 heavy (non-hydrogen) atoms. The van der Waals surface area contributed by atoms with Crippen molar-refractivity contribution in [3.63, 3.8) is 0 Å². The van der Waals surface area contributed by atoms with Gasteiger partial charge in [0, 0.05) is 0 Å². The highest BCUT2D eigenvalue weighted by Crippen LogP contribution is 1.85. The Labute approximate surface area is 35.1 Å². The lowest BCUT2D eigenvalue weighted by Gasteiger charge is -1.78. The molecule has 38 valence electrons. The van der Waals surface area contributed by atoms with Crippen LogP contribution in [0.2, 0.25) is 0 Å². The van der Waals surface area contributed by atoms with Crippen molar-refractivity contribution in [2.24, 2.45) is 0 Å². The third kappa shape index (κ3) is 3.84. The minimum absolute atomic E-state index is 0.745. The van der Waals surface area contributed by atoms with Gasteiger partial charge in [-0.3, -0.25) is 0 Å². The SMILES string of the molecule is COS(=O)(=O)[18F]. The van der Waals surface area contributed by atoms with Crippen molar-refractivity contribution >= 4 is 10.5 Å². The summed E-state index contributed by atoms with van der Waals surface area (Å²) in [6.07, 6.45) is 0. The maximum atomic E-state index is 10.9. The van der Waals surface area contributed by atoms with Crippen LogP contribution in [0.25, 0.3) is 0 Å².